The molecule has 0 aliphatic carbocycles. The van der Waals surface area contributed by atoms with Gasteiger partial charge in [0.05, 0.1) is 5.01 Å². The molecule has 1 aromatic heterocycles. The first-order valence-corrected chi connectivity index (χ1v) is 7.79. The number of nitrogens with zero attached hydrogens (tertiary/aromatic N) is 2. The van der Waals surface area contributed by atoms with Crippen LogP contribution < -0.4 is 5.73 Å². The van der Waals surface area contributed by atoms with Gasteiger partial charge in [0.25, 0.3) is 5.91 Å². The minimum atomic E-state index is 0. The van der Waals surface area contributed by atoms with Crippen LogP contribution in [-0.2, 0) is 6.42 Å². The van der Waals surface area contributed by atoms with Gasteiger partial charge >= 0.3 is 0 Å². The Balaban J connectivity index is 0.00000162. The topological polar surface area (TPSA) is 59.2 Å². The Morgan fingerprint density at radius 2 is 2.44 bits per heavy atom. The number of thiazole rings is 1. The van der Waals surface area contributed by atoms with E-state index in [2.05, 4.69) is 11.9 Å². The summed E-state index contributed by atoms with van der Waals surface area (Å²) in [5, 5.41) is 2.80. The number of carbonyl (C=O) groups is 1. The second kappa shape index (κ2) is 7.33. The monoisotopic (exact) mass is 307 g/mol. The molecule has 0 radical (unpaired) electrons. The van der Waals surface area contributed by atoms with Gasteiger partial charge in [0.1, 0.15) is 5.69 Å². The molecule has 1 aliphatic heterocycles. The Labute approximate surface area is 122 Å². The molecular formula is C11H18ClN3OS2. The summed E-state index contributed by atoms with van der Waals surface area (Å²) in [5.74, 6) is 2.11. The Morgan fingerprint density at radius 1 is 1.67 bits per heavy atom. The van der Waals surface area contributed by atoms with Crippen LogP contribution in [0.2, 0.25) is 0 Å². The van der Waals surface area contributed by atoms with Crippen LogP contribution in [0.5, 0.6) is 0 Å². The first-order valence-electron chi connectivity index (χ1n) is 5.75. The molecule has 102 valence electrons. The number of hydrogen-bond donors (Lipinski definition) is 1. The van der Waals surface area contributed by atoms with Crippen molar-refractivity contribution in [2.24, 2.45) is 5.73 Å². The van der Waals surface area contributed by atoms with Crippen LogP contribution in [0.25, 0.3) is 0 Å². The van der Waals surface area contributed by atoms with Gasteiger partial charge < -0.3 is 10.6 Å². The van der Waals surface area contributed by atoms with E-state index in [1.807, 2.05) is 22.0 Å². The van der Waals surface area contributed by atoms with Crippen LogP contribution in [-0.4, -0.2) is 46.4 Å². The molecule has 1 unspecified atom stereocenters. The summed E-state index contributed by atoms with van der Waals surface area (Å²) in [6.45, 7) is 3.50. The van der Waals surface area contributed by atoms with Gasteiger partial charge in [0, 0.05) is 35.9 Å². The molecule has 2 rings (SSSR count). The van der Waals surface area contributed by atoms with Crippen molar-refractivity contribution in [3.63, 3.8) is 0 Å². The summed E-state index contributed by atoms with van der Waals surface area (Å²) in [5.41, 5.74) is 6.06. The molecule has 0 saturated carbocycles. The first kappa shape index (κ1) is 15.8. The normalized spacial score (nSPS) is 19.4. The van der Waals surface area contributed by atoms with E-state index >= 15 is 0 Å². The van der Waals surface area contributed by atoms with E-state index in [4.69, 9.17) is 5.73 Å². The van der Waals surface area contributed by atoms with E-state index in [-0.39, 0.29) is 18.3 Å². The van der Waals surface area contributed by atoms with E-state index in [0.29, 0.717) is 18.3 Å². The Hall–Kier alpha value is -0.300. The lowest BCUT2D eigenvalue weighted by Gasteiger charge is -2.32. The molecule has 18 heavy (non-hydrogen) atoms. The van der Waals surface area contributed by atoms with Gasteiger partial charge in [-0.25, -0.2) is 4.98 Å². The predicted octanol–water partition coefficient (Wildman–Crippen LogP) is 1.64. The Kier molecular flexibility index (Phi) is 6.42. The van der Waals surface area contributed by atoms with Crippen LogP contribution in [0.3, 0.4) is 0 Å². The number of thioether (sulfide) groups is 1. The third-order valence-electron chi connectivity index (χ3n) is 2.76. The molecule has 2 N–H and O–H groups in total. The van der Waals surface area contributed by atoms with Crippen LogP contribution in [0, 0.1) is 0 Å². The molecule has 0 aromatic carbocycles. The summed E-state index contributed by atoms with van der Waals surface area (Å²) in [7, 11) is 0. The SMILES string of the molecule is CC1CSCCN1C(=O)c1csc(CCN)n1.Cl. The lowest BCUT2D eigenvalue weighted by Crippen LogP contribution is -2.44. The minimum absolute atomic E-state index is 0. The molecule has 1 fully saturated rings. The van der Waals surface area contributed by atoms with Crippen molar-refractivity contribution in [3.05, 3.63) is 16.1 Å². The van der Waals surface area contributed by atoms with Crippen LogP contribution in [0.15, 0.2) is 5.38 Å². The van der Waals surface area contributed by atoms with Crippen molar-refractivity contribution in [2.75, 3.05) is 24.6 Å². The molecule has 1 atom stereocenters. The highest BCUT2D eigenvalue weighted by Gasteiger charge is 2.25. The highest BCUT2D eigenvalue weighted by molar-refractivity contribution is 7.99. The van der Waals surface area contributed by atoms with Gasteiger partial charge in [-0.2, -0.15) is 11.8 Å². The standard InChI is InChI=1S/C11H17N3OS2.ClH/c1-8-6-16-5-4-14(8)11(15)9-7-17-10(13-9)2-3-12;/h7-8H,2-6,12H2,1H3;1H. The quantitative estimate of drug-likeness (QED) is 0.922. The number of hydrogen-bond acceptors (Lipinski definition) is 5. The molecule has 1 amide bonds. The van der Waals surface area contributed by atoms with Crippen LogP contribution >= 0.6 is 35.5 Å². The summed E-state index contributed by atoms with van der Waals surface area (Å²) in [6, 6.07) is 0.306. The third kappa shape index (κ3) is 3.60. The van der Waals surface area contributed by atoms with Crippen LogP contribution in [0.1, 0.15) is 22.4 Å². The summed E-state index contributed by atoms with van der Waals surface area (Å²) >= 11 is 3.43. The predicted molar refractivity (Wildman–Crippen MR) is 79.9 cm³/mol. The summed E-state index contributed by atoms with van der Waals surface area (Å²) < 4.78 is 0. The van der Waals surface area contributed by atoms with E-state index in [1.165, 1.54) is 11.3 Å². The zero-order valence-corrected chi connectivity index (χ0v) is 12.7. The van der Waals surface area contributed by atoms with Crippen molar-refractivity contribution in [3.8, 4) is 0 Å². The van der Waals surface area contributed by atoms with E-state index in [9.17, 15) is 4.79 Å². The zero-order valence-electron chi connectivity index (χ0n) is 10.3. The molecule has 0 bridgehead atoms. The highest BCUT2D eigenvalue weighted by atomic mass is 35.5. The number of nitrogens with two attached hydrogens (primary N) is 1. The maximum Gasteiger partial charge on any atom is 0.273 e. The van der Waals surface area contributed by atoms with Crippen molar-refractivity contribution in [2.45, 2.75) is 19.4 Å². The lowest BCUT2D eigenvalue weighted by molar-refractivity contribution is 0.0710. The Bertz CT molecular complexity index is 399. The average molecular weight is 308 g/mol. The fourth-order valence-electron chi connectivity index (χ4n) is 1.82. The summed E-state index contributed by atoms with van der Waals surface area (Å²) in [4.78, 5) is 18.5. The molecule has 7 heteroatoms. The van der Waals surface area contributed by atoms with Crippen molar-refractivity contribution >= 4 is 41.4 Å². The fourth-order valence-corrected chi connectivity index (χ4v) is 3.62. The van der Waals surface area contributed by atoms with Gasteiger partial charge in [-0.3, -0.25) is 4.79 Å². The number of rotatable bonds is 3. The molecule has 1 saturated heterocycles. The third-order valence-corrected chi connectivity index (χ3v) is 4.86. The molecular weight excluding hydrogens is 290 g/mol. The van der Waals surface area contributed by atoms with Crippen molar-refractivity contribution in [1.82, 2.24) is 9.88 Å². The van der Waals surface area contributed by atoms with Crippen molar-refractivity contribution in [1.29, 1.82) is 0 Å². The number of carbonyl (C=O) groups excluding carboxylic acids is 1. The van der Waals surface area contributed by atoms with E-state index in [1.54, 1.807) is 0 Å². The van der Waals surface area contributed by atoms with Gasteiger partial charge in [-0.05, 0) is 13.5 Å². The Morgan fingerprint density at radius 3 is 3.11 bits per heavy atom. The van der Waals surface area contributed by atoms with Gasteiger partial charge in [-0.1, -0.05) is 0 Å². The maximum atomic E-state index is 12.3. The fraction of sp³-hybridized carbons (Fsp3) is 0.636. The average Bonchev–Trinajstić information content (AvgIpc) is 2.78. The second-order valence-electron chi connectivity index (χ2n) is 4.09. The van der Waals surface area contributed by atoms with Gasteiger partial charge in [0.2, 0.25) is 0 Å². The number of amides is 1. The maximum absolute atomic E-state index is 12.3. The van der Waals surface area contributed by atoms with Crippen molar-refractivity contribution < 1.29 is 4.79 Å². The van der Waals surface area contributed by atoms with Gasteiger partial charge in [-0.15, -0.1) is 23.7 Å². The molecule has 1 aliphatic rings. The number of aromatic nitrogens is 1. The highest BCUT2D eigenvalue weighted by Crippen LogP contribution is 2.19. The zero-order chi connectivity index (χ0) is 12.3. The lowest BCUT2D eigenvalue weighted by atomic mass is 10.2. The molecule has 4 nitrogen and oxygen atoms in total. The summed E-state index contributed by atoms with van der Waals surface area (Å²) in [6.07, 6.45) is 0.753. The van der Waals surface area contributed by atoms with E-state index in [0.717, 1.165) is 29.5 Å². The van der Waals surface area contributed by atoms with Gasteiger partial charge in [0.15, 0.2) is 0 Å². The second-order valence-corrected chi connectivity index (χ2v) is 6.18. The first-order chi connectivity index (χ1) is 8.22. The van der Waals surface area contributed by atoms with Crippen LogP contribution in [0.4, 0.5) is 0 Å². The minimum Gasteiger partial charge on any atom is -0.333 e. The number of halogens is 1. The molecule has 1 aromatic rings. The largest absolute Gasteiger partial charge is 0.333 e. The smallest absolute Gasteiger partial charge is 0.273 e. The van der Waals surface area contributed by atoms with E-state index < -0.39 is 0 Å². The molecule has 2 heterocycles. The molecule has 0 spiro atoms.